The van der Waals surface area contributed by atoms with E-state index in [4.69, 9.17) is 0 Å². The quantitative estimate of drug-likeness (QED) is 0.800. The van der Waals surface area contributed by atoms with Crippen molar-refractivity contribution in [2.45, 2.75) is 25.9 Å². The van der Waals surface area contributed by atoms with Crippen molar-refractivity contribution in [3.05, 3.63) is 59.7 Å². The Labute approximate surface area is 124 Å². The number of nitrogens with zero attached hydrogens (tertiary/aromatic N) is 3. The van der Waals surface area contributed by atoms with Crippen molar-refractivity contribution in [2.75, 3.05) is 0 Å². The summed E-state index contributed by atoms with van der Waals surface area (Å²) >= 11 is 0. The largest absolute Gasteiger partial charge is 0.388 e. The Morgan fingerprint density at radius 3 is 2.81 bits per heavy atom. The van der Waals surface area contributed by atoms with E-state index in [0.717, 1.165) is 34.1 Å². The van der Waals surface area contributed by atoms with Crippen LogP contribution in [0.1, 0.15) is 30.0 Å². The molecular weight excluding hydrogens is 262 g/mol. The molecule has 0 saturated heterocycles. The number of hydrogen-bond acceptors (Lipinski definition) is 3. The molecule has 4 nitrogen and oxygen atoms in total. The van der Waals surface area contributed by atoms with E-state index in [9.17, 15) is 5.11 Å². The van der Waals surface area contributed by atoms with Gasteiger partial charge in [-0.25, -0.2) is 0 Å². The second kappa shape index (κ2) is 5.66. The van der Waals surface area contributed by atoms with Crippen molar-refractivity contribution in [1.82, 2.24) is 14.8 Å². The molecule has 1 N–H and O–H groups in total. The molecule has 1 unspecified atom stereocenters. The molecule has 2 aromatic heterocycles. The van der Waals surface area contributed by atoms with Crippen LogP contribution in [0.2, 0.25) is 0 Å². The number of aliphatic hydroxyl groups is 1. The first-order valence-electron chi connectivity index (χ1n) is 7.21. The van der Waals surface area contributed by atoms with Gasteiger partial charge in [-0.1, -0.05) is 31.2 Å². The fourth-order valence-corrected chi connectivity index (χ4v) is 2.65. The molecule has 0 spiro atoms. The highest BCUT2D eigenvalue weighted by Gasteiger charge is 2.15. The van der Waals surface area contributed by atoms with E-state index in [1.54, 1.807) is 6.20 Å². The molecule has 0 amide bonds. The number of pyridine rings is 1. The van der Waals surface area contributed by atoms with Crippen LogP contribution in [0, 0.1) is 0 Å². The molecule has 108 valence electrons. The van der Waals surface area contributed by atoms with Gasteiger partial charge in [0, 0.05) is 42.5 Å². The normalized spacial score (nSPS) is 12.7. The van der Waals surface area contributed by atoms with Crippen molar-refractivity contribution in [2.24, 2.45) is 7.05 Å². The zero-order valence-corrected chi connectivity index (χ0v) is 12.3. The standard InChI is InChI=1S/C17H19N3O/c1-3-13-8-14(20(2)19-13)9-17(21)16-11-18-10-12-6-4-5-7-15(12)16/h4-8,10-11,17,21H,3,9H2,1-2H3. The second-order valence-electron chi connectivity index (χ2n) is 5.27. The van der Waals surface area contributed by atoms with E-state index in [2.05, 4.69) is 23.1 Å². The van der Waals surface area contributed by atoms with E-state index in [1.807, 2.05) is 42.2 Å². The zero-order valence-electron chi connectivity index (χ0n) is 12.3. The third-order valence-corrected chi connectivity index (χ3v) is 3.85. The van der Waals surface area contributed by atoms with Gasteiger partial charge in [0.05, 0.1) is 11.8 Å². The first-order chi connectivity index (χ1) is 10.2. The topological polar surface area (TPSA) is 50.9 Å². The lowest BCUT2D eigenvalue weighted by atomic mass is 10.0. The Bertz CT molecular complexity index is 758. The molecule has 0 fully saturated rings. The van der Waals surface area contributed by atoms with Crippen LogP contribution < -0.4 is 0 Å². The van der Waals surface area contributed by atoms with Crippen molar-refractivity contribution in [3.63, 3.8) is 0 Å². The summed E-state index contributed by atoms with van der Waals surface area (Å²) in [5.74, 6) is 0. The van der Waals surface area contributed by atoms with Gasteiger partial charge < -0.3 is 5.11 Å². The molecule has 0 radical (unpaired) electrons. The van der Waals surface area contributed by atoms with Crippen LogP contribution in [0.15, 0.2) is 42.7 Å². The number of hydrogen-bond donors (Lipinski definition) is 1. The SMILES string of the molecule is CCc1cc(CC(O)c2cncc3ccccc23)n(C)n1. The van der Waals surface area contributed by atoms with Crippen LogP contribution >= 0.6 is 0 Å². The summed E-state index contributed by atoms with van der Waals surface area (Å²) in [6, 6.07) is 10.1. The molecule has 21 heavy (non-hydrogen) atoms. The van der Waals surface area contributed by atoms with E-state index in [1.165, 1.54) is 0 Å². The number of benzene rings is 1. The lowest BCUT2D eigenvalue weighted by molar-refractivity contribution is 0.177. The minimum Gasteiger partial charge on any atom is -0.388 e. The van der Waals surface area contributed by atoms with E-state index in [0.29, 0.717) is 6.42 Å². The highest BCUT2D eigenvalue weighted by molar-refractivity contribution is 5.84. The summed E-state index contributed by atoms with van der Waals surface area (Å²) in [6.45, 7) is 2.08. The fourth-order valence-electron chi connectivity index (χ4n) is 2.65. The summed E-state index contributed by atoms with van der Waals surface area (Å²) in [5, 5.41) is 17.1. The van der Waals surface area contributed by atoms with Gasteiger partial charge in [-0.3, -0.25) is 9.67 Å². The predicted octanol–water partition coefficient (Wildman–Crippen LogP) is 2.81. The number of rotatable bonds is 4. The highest BCUT2D eigenvalue weighted by atomic mass is 16.3. The number of aromatic nitrogens is 3. The number of aryl methyl sites for hydroxylation is 2. The first-order valence-corrected chi connectivity index (χ1v) is 7.21. The lowest BCUT2D eigenvalue weighted by Crippen LogP contribution is -2.07. The summed E-state index contributed by atoms with van der Waals surface area (Å²) in [5.41, 5.74) is 2.95. The smallest absolute Gasteiger partial charge is 0.0866 e. The zero-order chi connectivity index (χ0) is 14.8. The Morgan fingerprint density at radius 1 is 1.24 bits per heavy atom. The van der Waals surface area contributed by atoms with Gasteiger partial charge in [0.15, 0.2) is 0 Å². The van der Waals surface area contributed by atoms with Crippen LogP contribution in [0.25, 0.3) is 10.8 Å². The summed E-state index contributed by atoms with van der Waals surface area (Å²) in [4.78, 5) is 4.24. The van der Waals surface area contributed by atoms with Gasteiger partial charge in [-0.2, -0.15) is 5.10 Å². The molecule has 0 saturated carbocycles. The third kappa shape index (κ3) is 2.67. The molecule has 3 aromatic rings. The molecule has 2 heterocycles. The van der Waals surface area contributed by atoms with Crippen LogP contribution in [0.4, 0.5) is 0 Å². The van der Waals surface area contributed by atoms with E-state index in [-0.39, 0.29) is 0 Å². The molecule has 3 rings (SSSR count). The Balaban J connectivity index is 1.93. The van der Waals surface area contributed by atoms with Gasteiger partial charge in [0.1, 0.15) is 0 Å². The molecular formula is C17H19N3O. The van der Waals surface area contributed by atoms with Crippen molar-refractivity contribution in [3.8, 4) is 0 Å². The van der Waals surface area contributed by atoms with Gasteiger partial charge in [0.2, 0.25) is 0 Å². The monoisotopic (exact) mass is 281 g/mol. The maximum Gasteiger partial charge on any atom is 0.0866 e. The molecule has 4 heteroatoms. The van der Waals surface area contributed by atoms with Crippen LogP contribution in [0.3, 0.4) is 0 Å². The Hall–Kier alpha value is -2.20. The molecule has 0 aliphatic heterocycles. The van der Waals surface area contributed by atoms with Gasteiger partial charge in [-0.05, 0) is 17.9 Å². The van der Waals surface area contributed by atoms with E-state index < -0.39 is 6.10 Å². The highest BCUT2D eigenvalue weighted by Crippen LogP contribution is 2.25. The van der Waals surface area contributed by atoms with Crippen molar-refractivity contribution in [1.29, 1.82) is 0 Å². The van der Waals surface area contributed by atoms with Crippen molar-refractivity contribution >= 4 is 10.8 Å². The summed E-state index contributed by atoms with van der Waals surface area (Å²) < 4.78 is 1.85. The van der Waals surface area contributed by atoms with Crippen molar-refractivity contribution < 1.29 is 5.11 Å². The molecule has 1 atom stereocenters. The Kier molecular flexibility index (Phi) is 3.71. The van der Waals surface area contributed by atoms with Gasteiger partial charge >= 0.3 is 0 Å². The minimum atomic E-state index is -0.580. The lowest BCUT2D eigenvalue weighted by Gasteiger charge is -2.13. The average Bonchev–Trinajstić information content (AvgIpc) is 2.87. The fraction of sp³-hybridized carbons (Fsp3) is 0.294. The maximum absolute atomic E-state index is 10.6. The molecule has 0 bridgehead atoms. The Morgan fingerprint density at radius 2 is 2.05 bits per heavy atom. The predicted molar refractivity (Wildman–Crippen MR) is 83.0 cm³/mol. The number of fused-ring (bicyclic) bond motifs is 1. The molecule has 0 aliphatic carbocycles. The van der Waals surface area contributed by atoms with Crippen LogP contribution in [-0.4, -0.2) is 19.9 Å². The minimum absolute atomic E-state index is 0.541. The third-order valence-electron chi connectivity index (χ3n) is 3.85. The van der Waals surface area contributed by atoms with Crippen LogP contribution in [0.5, 0.6) is 0 Å². The molecule has 0 aliphatic rings. The average molecular weight is 281 g/mol. The van der Waals surface area contributed by atoms with E-state index >= 15 is 0 Å². The van der Waals surface area contributed by atoms with Gasteiger partial charge in [-0.15, -0.1) is 0 Å². The molecule has 1 aromatic carbocycles. The summed E-state index contributed by atoms with van der Waals surface area (Å²) in [7, 11) is 1.92. The van der Waals surface area contributed by atoms with Gasteiger partial charge in [0.25, 0.3) is 0 Å². The first kappa shape index (κ1) is 13.8. The number of aliphatic hydroxyl groups excluding tert-OH is 1. The summed E-state index contributed by atoms with van der Waals surface area (Å²) in [6.07, 6.45) is 4.44. The maximum atomic E-state index is 10.6. The van der Waals surface area contributed by atoms with Crippen LogP contribution in [-0.2, 0) is 19.9 Å². The second-order valence-corrected chi connectivity index (χ2v) is 5.27.